The predicted octanol–water partition coefficient (Wildman–Crippen LogP) is 3.68. The van der Waals surface area contributed by atoms with E-state index < -0.39 is 0 Å². The van der Waals surface area contributed by atoms with E-state index in [-0.39, 0.29) is 29.3 Å². The molecule has 0 radical (unpaired) electrons. The molecule has 2 saturated carbocycles. The topological polar surface area (TPSA) is 124 Å². The number of pyridine rings is 1. The van der Waals surface area contributed by atoms with E-state index in [2.05, 4.69) is 37.5 Å². The molecule has 2 amide bonds. The number of aromatic nitrogens is 4. The summed E-state index contributed by atoms with van der Waals surface area (Å²) >= 11 is 0. The number of hydrogen-bond donors (Lipinski definition) is 2. The van der Waals surface area contributed by atoms with Crippen molar-refractivity contribution in [1.82, 2.24) is 29.3 Å². The Balaban J connectivity index is 1.08. The van der Waals surface area contributed by atoms with Gasteiger partial charge in [0.25, 0.3) is 5.91 Å². The summed E-state index contributed by atoms with van der Waals surface area (Å²) in [7, 11) is 3.68. The first-order chi connectivity index (χ1) is 22.3. The van der Waals surface area contributed by atoms with Crippen LogP contribution in [-0.2, 0) is 18.4 Å². The highest BCUT2D eigenvalue weighted by Gasteiger charge is 2.47. The minimum Gasteiger partial charge on any atom is -0.494 e. The number of methoxy groups -OCH3 is 1. The normalized spacial score (nSPS) is 25.4. The molecule has 1 aromatic carbocycles. The van der Waals surface area contributed by atoms with Crippen LogP contribution < -0.4 is 20.7 Å². The first-order valence-electron chi connectivity index (χ1n) is 16.9. The molecule has 240 valence electrons. The van der Waals surface area contributed by atoms with Gasteiger partial charge < -0.3 is 34.7 Å². The van der Waals surface area contributed by atoms with Crippen LogP contribution in [0.2, 0.25) is 0 Å². The Morgan fingerprint density at radius 2 is 1.93 bits per heavy atom. The van der Waals surface area contributed by atoms with Gasteiger partial charge >= 0.3 is 0 Å². The number of carbonyl (C=O) groups excluding carboxylic acids is 2. The smallest absolute Gasteiger partial charge is 0.254 e. The predicted molar refractivity (Wildman–Crippen MR) is 176 cm³/mol. The van der Waals surface area contributed by atoms with E-state index in [1.165, 1.54) is 12.8 Å². The van der Waals surface area contributed by atoms with Crippen LogP contribution in [0.1, 0.15) is 55.3 Å². The minimum atomic E-state index is 0.00839. The lowest BCUT2D eigenvalue weighted by Gasteiger charge is -2.38. The molecule has 3 aliphatic heterocycles. The maximum absolute atomic E-state index is 13.8. The summed E-state index contributed by atoms with van der Waals surface area (Å²) in [5, 5.41) is 4.13. The van der Waals surface area contributed by atoms with Crippen LogP contribution in [0.3, 0.4) is 0 Å². The van der Waals surface area contributed by atoms with Gasteiger partial charge in [-0.15, -0.1) is 0 Å². The van der Waals surface area contributed by atoms with Gasteiger partial charge in [0.15, 0.2) is 5.82 Å². The molecule has 9 rings (SSSR count). The highest BCUT2D eigenvalue weighted by molar-refractivity contribution is 6.00. The summed E-state index contributed by atoms with van der Waals surface area (Å²) < 4.78 is 10.3. The largest absolute Gasteiger partial charge is 0.494 e. The third-order valence-electron chi connectivity index (χ3n) is 11.8. The van der Waals surface area contributed by atoms with E-state index in [4.69, 9.17) is 20.4 Å². The van der Waals surface area contributed by atoms with Crippen LogP contribution in [0.5, 0.6) is 5.75 Å². The van der Waals surface area contributed by atoms with Gasteiger partial charge in [-0.25, -0.2) is 9.97 Å². The number of nitrogens with two attached hydrogens (primary N) is 1. The van der Waals surface area contributed by atoms with Crippen LogP contribution in [-0.4, -0.2) is 81.2 Å². The molecule has 4 aromatic rings. The highest BCUT2D eigenvalue weighted by Crippen LogP contribution is 2.42. The van der Waals surface area contributed by atoms with E-state index in [0.717, 1.165) is 97.8 Å². The van der Waals surface area contributed by atoms with Crippen LogP contribution in [0.25, 0.3) is 33.6 Å². The number of anilines is 1. The average molecular weight is 623 g/mol. The lowest BCUT2D eigenvalue weighted by molar-refractivity contribution is -0.119. The number of carbonyl (C=O) groups is 2. The number of hydrogen-bond acceptors (Lipinski definition) is 7. The summed E-state index contributed by atoms with van der Waals surface area (Å²) in [5.41, 5.74) is 10.7. The number of ether oxygens (including phenoxy) is 1. The zero-order chi connectivity index (χ0) is 31.3. The second kappa shape index (κ2) is 10.2. The van der Waals surface area contributed by atoms with Gasteiger partial charge in [-0.2, -0.15) is 0 Å². The van der Waals surface area contributed by atoms with Gasteiger partial charge in [0.1, 0.15) is 22.7 Å². The molecule has 2 bridgehead atoms. The van der Waals surface area contributed by atoms with Gasteiger partial charge in [-0.05, 0) is 86.1 Å². The Morgan fingerprint density at radius 3 is 2.61 bits per heavy atom. The molecule has 5 fully saturated rings. The van der Waals surface area contributed by atoms with Crippen molar-refractivity contribution in [3.8, 4) is 17.3 Å². The molecular formula is C35H42N8O3. The molecule has 1 spiro atoms. The number of imidazole rings is 1. The van der Waals surface area contributed by atoms with Crippen molar-refractivity contribution in [2.24, 2.45) is 30.0 Å². The van der Waals surface area contributed by atoms with Crippen LogP contribution >= 0.6 is 0 Å². The van der Waals surface area contributed by atoms with Crippen molar-refractivity contribution >= 4 is 39.7 Å². The molecule has 3 N–H and O–H groups in total. The minimum absolute atomic E-state index is 0.00839. The van der Waals surface area contributed by atoms with Crippen LogP contribution in [0.15, 0.2) is 30.3 Å². The molecule has 5 aliphatic rings. The molecule has 3 atom stereocenters. The zero-order valence-corrected chi connectivity index (χ0v) is 26.7. The number of nitrogens with one attached hydrogen (secondary N) is 1. The molecule has 46 heavy (non-hydrogen) atoms. The standard InChI is InChI=1S/C35H42N8O3/c1-40-31-24(13-23(15-27(31)46-2)34(45)43-18-22-5-7-25(43)30(22)36)38-33(40)26-14-21-6-8-28(39-32(21)42(26)17-20-3-4-20)41-11-9-35(10-12-41)16-29(44)37-19-35/h6,8,13-15,20,22,25,30H,3-5,7,9-12,16-19,36H2,1-2H3,(H,37,44)/t22?,25?,30-/m1/s1. The summed E-state index contributed by atoms with van der Waals surface area (Å²) in [6.07, 6.45) is 7.17. The summed E-state index contributed by atoms with van der Waals surface area (Å²) in [4.78, 5) is 40.5. The van der Waals surface area contributed by atoms with Gasteiger partial charge in [0.2, 0.25) is 5.91 Å². The Labute approximate surface area is 268 Å². The molecule has 3 aromatic heterocycles. The summed E-state index contributed by atoms with van der Waals surface area (Å²) in [6.45, 7) is 4.23. The molecule has 3 saturated heterocycles. The lowest BCUT2D eigenvalue weighted by atomic mass is 9.78. The monoisotopic (exact) mass is 622 g/mol. The Morgan fingerprint density at radius 1 is 1.11 bits per heavy atom. The van der Waals surface area contributed by atoms with Gasteiger partial charge in [0, 0.05) is 69.2 Å². The fourth-order valence-electron chi connectivity index (χ4n) is 8.80. The Bertz CT molecular complexity index is 1900. The molecule has 2 aliphatic carbocycles. The number of aryl methyl sites for hydroxylation is 1. The fraction of sp³-hybridized carbons (Fsp3) is 0.543. The van der Waals surface area contributed by atoms with Gasteiger partial charge in [0.05, 0.1) is 18.3 Å². The van der Waals surface area contributed by atoms with Crippen molar-refractivity contribution in [3.63, 3.8) is 0 Å². The summed E-state index contributed by atoms with van der Waals surface area (Å²) in [5.74, 6) is 3.69. The van der Waals surface area contributed by atoms with E-state index in [0.29, 0.717) is 29.6 Å². The Hall–Kier alpha value is -4.12. The summed E-state index contributed by atoms with van der Waals surface area (Å²) in [6, 6.07) is 10.5. The number of piperidine rings is 2. The molecular weight excluding hydrogens is 580 g/mol. The number of nitrogens with zero attached hydrogens (tertiary/aromatic N) is 6. The number of rotatable bonds is 6. The average Bonchev–Trinajstić information content (AvgIpc) is 3.25. The number of benzene rings is 1. The third kappa shape index (κ3) is 4.34. The fourth-order valence-corrected chi connectivity index (χ4v) is 8.80. The van der Waals surface area contributed by atoms with Crippen LogP contribution in [0.4, 0.5) is 5.82 Å². The molecule has 2 unspecified atom stereocenters. The highest BCUT2D eigenvalue weighted by atomic mass is 16.5. The first-order valence-corrected chi connectivity index (χ1v) is 16.9. The lowest BCUT2D eigenvalue weighted by Crippen LogP contribution is -2.41. The van der Waals surface area contributed by atoms with E-state index in [1.807, 2.05) is 24.1 Å². The SMILES string of the molecule is COc1cc(C(=O)N2CC3CCC2[C@@H]3N)cc2nc(-c3cc4ccc(N5CCC6(CC5)CNC(=O)C6)nc4n3CC3CC3)n(C)c12. The number of amides is 2. The van der Waals surface area contributed by atoms with Crippen molar-refractivity contribution < 1.29 is 14.3 Å². The Kier molecular flexibility index (Phi) is 6.23. The number of fused-ring (bicyclic) bond motifs is 4. The maximum atomic E-state index is 13.8. The van der Waals surface area contributed by atoms with Crippen molar-refractivity contribution in [2.45, 2.75) is 63.6 Å². The third-order valence-corrected chi connectivity index (χ3v) is 11.8. The van der Waals surface area contributed by atoms with E-state index in [1.54, 1.807) is 7.11 Å². The zero-order valence-electron chi connectivity index (χ0n) is 26.7. The van der Waals surface area contributed by atoms with Crippen molar-refractivity contribution in [2.75, 3.05) is 38.2 Å². The van der Waals surface area contributed by atoms with Crippen LogP contribution in [0, 0.1) is 17.3 Å². The molecule has 6 heterocycles. The second-order valence-corrected chi connectivity index (χ2v) is 14.6. The van der Waals surface area contributed by atoms with Gasteiger partial charge in [-0.1, -0.05) is 0 Å². The molecule has 11 heteroatoms. The van der Waals surface area contributed by atoms with Crippen molar-refractivity contribution in [1.29, 1.82) is 0 Å². The number of likely N-dealkylation sites (tertiary alicyclic amines) is 1. The first kappa shape index (κ1) is 28.1. The van der Waals surface area contributed by atoms with Gasteiger partial charge in [-0.3, -0.25) is 9.59 Å². The van der Waals surface area contributed by atoms with Crippen molar-refractivity contribution in [3.05, 3.63) is 35.9 Å². The molecule has 11 nitrogen and oxygen atoms in total. The van der Waals surface area contributed by atoms with E-state index >= 15 is 0 Å². The van der Waals surface area contributed by atoms with E-state index in [9.17, 15) is 9.59 Å². The quantitative estimate of drug-likeness (QED) is 0.336. The maximum Gasteiger partial charge on any atom is 0.254 e. The second-order valence-electron chi connectivity index (χ2n) is 14.6.